The van der Waals surface area contributed by atoms with Gasteiger partial charge in [-0.05, 0) is 35.9 Å². The molecule has 0 bridgehead atoms. The van der Waals surface area contributed by atoms with E-state index in [2.05, 4.69) is 20.8 Å². The van der Waals surface area contributed by atoms with Gasteiger partial charge >= 0.3 is 0 Å². The second kappa shape index (κ2) is 10.5. The molecule has 11 heteroatoms. The number of nitrogens with one attached hydrogen (secondary N) is 2. The Kier molecular flexibility index (Phi) is 7.54. The van der Waals surface area contributed by atoms with Gasteiger partial charge in [-0.15, -0.1) is 0 Å². The van der Waals surface area contributed by atoms with Crippen molar-refractivity contribution < 1.29 is 32.4 Å². The van der Waals surface area contributed by atoms with E-state index in [0.717, 1.165) is 12.1 Å². The van der Waals surface area contributed by atoms with Crippen LogP contribution in [0.1, 0.15) is 23.9 Å². The molecule has 0 aliphatic carbocycles. The van der Waals surface area contributed by atoms with E-state index in [4.69, 9.17) is 14.0 Å². The van der Waals surface area contributed by atoms with E-state index in [-0.39, 0.29) is 24.3 Å². The molecule has 2 N–H and O–H groups in total. The van der Waals surface area contributed by atoms with Gasteiger partial charge in [-0.3, -0.25) is 9.59 Å². The van der Waals surface area contributed by atoms with Crippen molar-refractivity contribution in [3.63, 3.8) is 0 Å². The van der Waals surface area contributed by atoms with Crippen LogP contribution < -0.4 is 20.1 Å². The molecule has 33 heavy (non-hydrogen) atoms. The number of methoxy groups -OCH3 is 2. The fourth-order valence-corrected chi connectivity index (χ4v) is 3.04. The van der Waals surface area contributed by atoms with E-state index >= 15 is 0 Å². The molecule has 1 heterocycles. The average molecular weight is 460 g/mol. The van der Waals surface area contributed by atoms with Crippen LogP contribution in [0.4, 0.5) is 8.78 Å². The minimum atomic E-state index is -1.19. The third-order valence-corrected chi connectivity index (χ3v) is 4.77. The second-order valence-corrected chi connectivity index (χ2v) is 6.87. The summed E-state index contributed by atoms with van der Waals surface area (Å²) < 4.78 is 42.5. The lowest BCUT2D eigenvalue weighted by atomic mass is 10.1. The van der Waals surface area contributed by atoms with Gasteiger partial charge in [-0.25, -0.2) is 8.78 Å². The van der Waals surface area contributed by atoms with Crippen molar-refractivity contribution in [1.82, 2.24) is 20.8 Å². The standard InChI is InChI=1S/C22H22F2N4O5/c1-25-22(30)20(12-4-6-14(23)15(24)10-12)26-18(29)8-9-19-27-21(28-33-19)13-5-7-16(31-2)17(11-13)32-3/h4-7,10-11,20H,8-9H2,1-3H3,(H,25,30)(H,26,29)/t20-/m1/s1. The van der Waals surface area contributed by atoms with Crippen LogP contribution in [0.15, 0.2) is 40.9 Å². The van der Waals surface area contributed by atoms with Crippen LogP contribution in [-0.2, 0) is 16.0 Å². The molecular formula is C22H22F2N4O5. The maximum Gasteiger partial charge on any atom is 0.246 e. The minimum absolute atomic E-state index is 0.0786. The second-order valence-electron chi connectivity index (χ2n) is 6.87. The summed E-state index contributed by atoms with van der Waals surface area (Å²) in [7, 11) is 4.40. The largest absolute Gasteiger partial charge is 0.493 e. The Morgan fingerprint density at radius 3 is 2.48 bits per heavy atom. The molecule has 0 aliphatic heterocycles. The Morgan fingerprint density at radius 2 is 1.82 bits per heavy atom. The predicted octanol–water partition coefficient (Wildman–Crippen LogP) is 2.57. The van der Waals surface area contributed by atoms with Crippen LogP contribution >= 0.6 is 0 Å². The number of benzene rings is 2. The van der Waals surface area contributed by atoms with Crippen molar-refractivity contribution in [2.45, 2.75) is 18.9 Å². The van der Waals surface area contributed by atoms with E-state index < -0.39 is 29.5 Å². The third-order valence-electron chi connectivity index (χ3n) is 4.77. The van der Waals surface area contributed by atoms with Crippen LogP contribution in [0.5, 0.6) is 11.5 Å². The van der Waals surface area contributed by atoms with Crippen LogP contribution in [0.25, 0.3) is 11.4 Å². The number of rotatable bonds is 9. The molecule has 0 spiro atoms. The highest BCUT2D eigenvalue weighted by Gasteiger charge is 2.23. The van der Waals surface area contributed by atoms with Crippen LogP contribution in [0.3, 0.4) is 0 Å². The summed E-state index contributed by atoms with van der Waals surface area (Å²) in [5, 5.41) is 8.80. The van der Waals surface area contributed by atoms with Crippen molar-refractivity contribution in [2.75, 3.05) is 21.3 Å². The van der Waals surface area contributed by atoms with Gasteiger partial charge in [0.1, 0.15) is 6.04 Å². The smallest absolute Gasteiger partial charge is 0.246 e. The molecule has 0 saturated carbocycles. The average Bonchev–Trinajstić information content (AvgIpc) is 3.31. The number of amides is 2. The summed E-state index contributed by atoms with van der Waals surface area (Å²) in [4.78, 5) is 28.9. The number of hydrogen-bond acceptors (Lipinski definition) is 7. The molecule has 0 aliphatic rings. The fourth-order valence-electron chi connectivity index (χ4n) is 3.04. The summed E-state index contributed by atoms with van der Waals surface area (Å²) in [6.45, 7) is 0. The fraction of sp³-hybridized carbons (Fsp3) is 0.273. The number of hydrogen-bond donors (Lipinski definition) is 2. The van der Waals surface area contributed by atoms with Gasteiger partial charge in [-0.2, -0.15) is 4.98 Å². The Balaban J connectivity index is 1.66. The first-order valence-electron chi connectivity index (χ1n) is 9.87. The Bertz CT molecular complexity index is 1150. The molecule has 0 unspecified atom stereocenters. The van der Waals surface area contributed by atoms with Gasteiger partial charge in [-0.1, -0.05) is 11.2 Å². The molecule has 1 atom stereocenters. The summed E-state index contributed by atoms with van der Waals surface area (Å²) in [5.74, 6) is -1.71. The Labute approximate surface area is 188 Å². The lowest BCUT2D eigenvalue weighted by molar-refractivity contribution is -0.128. The van der Waals surface area contributed by atoms with E-state index in [0.29, 0.717) is 22.9 Å². The van der Waals surface area contributed by atoms with E-state index in [1.807, 2.05) is 0 Å². The van der Waals surface area contributed by atoms with Crippen molar-refractivity contribution >= 4 is 11.8 Å². The number of likely N-dealkylation sites (N-methyl/N-ethyl adjacent to an activating group) is 1. The van der Waals surface area contributed by atoms with E-state index in [9.17, 15) is 18.4 Å². The minimum Gasteiger partial charge on any atom is -0.493 e. The number of carbonyl (C=O) groups excluding carboxylic acids is 2. The zero-order chi connectivity index (χ0) is 24.0. The Hall–Kier alpha value is -4.02. The summed E-state index contributed by atoms with van der Waals surface area (Å²) in [6, 6.07) is 6.92. The molecule has 2 amide bonds. The van der Waals surface area contributed by atoms with Gasteiger partial charge in [0.05, 0.1) is 14.2 Å². The SMILES string of the molecule is CNC(=O)[C@H](NC(=O)CCc1nc(-c2ccc(OC)c(OC)c2)no1)c1ccc(F)c(F)c1. The molecule has 0 saturated heterocycles. The first kappa shape index (κ1) is 23.6. The number of nitrogens with zero attached hydrogens (tertiary/aromatic N) is 2. The summed E-state index contributed by atoms with van der Waals surface area (Å²) >= 11 is 0. The van der Waals surface area contributed by atoms with E-state index in [1.54, 1.807) is 18.2 Å². The summed E-state index contributed by atoms with van der Waals surface area (Å²) in [5.41, 5.74) is 0.736. The number of carbonyl (C=O) groups is 2. The molecule has 174 valence electrons. The maximum absolute atomic E-state index is 13.6. The van der Waals surface area contributed by atoms with Crippen LogP contribution in [0.2, 0.25) is 0 Å². The van der Waals surface area contributed by atoms with Gasteiger partial charge in [0, 0.05) is 25.5 Å². The first-order valence-corrected chi connectivity index (χ1v) is 9.87. The molecule has 3 rings (SSSR count). The molecule has 2 aromatic carbocycles. The van der Waals surface area contributed by atoms with Crippen molar-refractivity contribution in [1.29, 1.82) is 0 Å². The normalized spacial score (nSPS) is 11.5. The van der Waals surface area contributed by atoms with Crippen molar-refractivity contribution in [3.8, 4) is 22.9 Å². The van der Waals surface area contributed by atoms with Crippen molar-refractivity contribution in [2.24, 2.45) is 0 Å². The predicted molar refractivity (Wildman–Crippen MR) is 112 cm³/mol. The number of aryl methyl sites for hydroxylation is 1. The number of aromatic nitrogens is 2. The molecule has 3 aromatic rings. The zero-order valence-corrected chi connectivity index (χ0v) is 18.1. The van der Waals surface area contributed by atoms with Crippen LogP contribution in [-0.4, -0.2) is 43.2 Å². The van der Waals surface area contributed by atoms with Gasteiger partial charge in [0.2, 0.25) is 23.5 Å². The highest BCUT2D eigenvalue weighted by molar-refractivity contribution is 5.88. The van der Waals surface area contributed by atoms with E-state index in [1.165, 1.54) is 27.3 Å². The third kappa shape index (κ3) is 5.62. The Morgan fingerprint density at radius 1 is 1.06 bits per heavy atom. The molecule has 1 aromatic heterocycles. The maximum atomic E-state index is 13.6. The molecule has 0 radical (unpaired) electrons. The number of halogens is 2. The lowest BCUT2D eigenvalue weighted by Crippen LogP contribution is -2.39. The van der Waals surface area contributed by atoms with Gasteiger partial charge in [0.25, 0.3) is 0 Å². The molecular weight excluding hydrogens is 438 g/mol. The zero-order valence-electron chi connectivity index (χ0n) is 18.1. The van der Waals surface area contributed by atoms with Crippen molar-refractivity contribution in [3.05, 3.63) is 59.5 Å². The summed E-state index contributed by atoms with van der Waals surface area (Å²) in [6.07, 6.45) is 0.0229. The number of ether oxygens (including phenoxy) is 2. The van der Waals surface area contributed by atoms with Crippen LogP contribution in [0, 0.1) is 11.6 Å². The molecule has 0 fully saturated rings. The lowest BCUT2D eigenvalue weighted by Gasteiger charge is -2.17. The molecule has 9 nitrogen and oxygen atoms in total. The quantitative estimate of drug-likeness (QED) is 0.504. The van der Waals surface area contributed by atoms with Gasteiger partial charge in [0.15, 0.2) is 23.1 Å². The highest BCUT2D eigenvalue weighted by Crippen LogP contribution is 2.31. The topological polar surface area (TPSA) is 116 Å². The highest BCUT2D eigenvalue weighted by atomic mass is 19.2. The monoisotopic (exact) mass is 460 g/mol. The first-order chi connectivity index (χ1) is 15.9. The van der Waals surface area contributed by atoms with Gasteiger partial charge < -0.3 is 24.6 Å².